The molecular formula is C10H8N4O. The van der Waals surface area contributed by atoms with Gasteiger partial charge in [-0.25, -0.2) is 4.52 Å². The van der Waals surface area contributed by atoms with E-state index >= 15 is 0 Å². The molecule has 0 radical (unpaired) electrons. The number of fused-ring (bicyclic) bond motifs is 1. The third kappa shape index (κ3) is 1.42. The molecule has 0 bridgehead atoms. The van der Waals surface area contributed by atoms with Crippen molar-refractivity contribution in [2.45, 2.75) is 0 Å². The molecule has 0 atom stereocenters. The Morgan fingerprint density at radius 2 is 2.40 bits per heavy atom. The van der Waals surface area contributed by atoms with Crippen LogP contribution in [0.5, 0.6) is 0 Å². The van der Waals surface area contributed by atoms with Crippen molar-refractivity contribution < 1.29 is 4.79 Å². The van der Waals surface area contributed by atoms with Crippen LogP contribution in [0.1, 0.15) is 16.1 Å². The van der Waals surface area contributed by atoms with Crippen molar-refractivity contribution in [2.75, 3.05) is 7.05 Å². The van der Waals surface area contributed by atoms with Crippen LogP contribution in [0.15, 0.2) is 24.4 Å². The normalized spacial score (nSPS) is 9.87. The van der Waals surface area contributed by atoms with E-state index in [0.717, 1.165) is 5.52 Å². The largest absolute Gasteiger partial charge is 0.354 e. The maximum atomic E-state index is 11.4. The van der Waals surface area contributed by atoms with Gasteiger partial charge in [0.15, 0.2) is 0 Å². The van der Waals surface area contributed by atoms with E-state index in [1.54, 1.807) is 25.2 Å². The Morgan fingerprint density at radius 1 is 1.60 bits per heavy atom. The SMILES string of the molecule is CNC(=O)c1ccc2cc(C#N)cnn12. The number of hydrogen-bond acceptors (Lipinski definition) is 3. The lowest BCUT2D eigenvalue weighted by atomic mass is 10.3. The molecule has 15 heavy (non-hydrogen) atoms. The summed E-state index contributed by atoms with van der Waals surface area (Å²) in [4.78, 5) is 11.4. The predicted octanol–water partition coefficient (Wildman–Crippen LogP) is 0.566. The van der Waals surface area contributed by atoms with Crippen LogP contribution in [0.3, 0.4) is 0 Å². The Hall–Kier alpha value is -2.35. The number of hydrogen-bond donors (Lipinski definition) is 1. The van der Waals surface area contributed by atoms with Crippen LogP contribution < -0.4 is 5.32 Å². The van der Waals surface area contributed by atoms with Crippen molar-refractivity contribution in [1.82, 2.24) is 14.9 Å². The Kier molecular flexibility index (Phi) is 2.10. The summed E-state index contributed by atoms with van der Waals surface area (Å²) in [5, 5.41) is 15.2. The molecule has 2 aromatic heterocycles. The zero-order valence-electron chi connectivity index (χ0n) is 8.06. The Labute approximate surface area is 85.9 Å². The molecule has 5 heteroatoms. The van der Waals surface area contributed by atoms with Gasteiger partial charge in [0.1, 0.15) is 11.8 Å². The summed E-state index contributed by atoms with van der Waals surface area (Å²) in [6.45, 7) is 0. The van der Waals surface area contributed by atoms with Gasteiger partial charge >= 0.3 is 0 Å². The molecule has 0 spiro atoms. The van der Waals surface area contributed by atoms with Gasteiger partial charge in [-0.15, -0.1) is 0 Å². The first-order valence-corrected chi connectivity index (χ1v) is 4.36. The van der Waals surface area contributed by atoms with Crippen LogP contribution in [-0.2, 0) is 0 Å². The summed E-state index contributed by atoms with van der Waals surface area (Å²) in [6, 6.07) is 7.09. The fourth-order valence-corrected chi connectivity index (χ4v) is 1.36. The maximum Gasteiger partial charge on any atom is 0.269 e. The average molecular weight is 200 g/mol. The molecule has 1 amide bonds. The Morgan fingerprint density at radius 3 is 3.07 bits per heavy atom. The fourth-order valence-electron chi connectivity index (χ4n) is 1.36. The molecule has 0 aliphatic heterocycles. The first-order valence-electron chi connectivity index (χ1n) is 4.36. The van der Waals surface area contributed by atoms with Crippen molar-refractivity contribution in [3.05, 3.63) is 35.7 Å². The lowest BCUT2D eigenvalue weighted by Gasteiger charge is -1.99. The number of amides is 1. The minimum absolute atomic E-state index is 0.202. The van der Waals surface area contributed by atoms with Gasteiger partial charge in [-0.2, -0.15) is 10.4 Å². The van der Waals surface area contributed by atoms with Gasteiger partial charge in [0.2, 0.25) is 0 Å². The Bertz CT molecular complexity index is 564. The summed E-state index contributed by atoms with van der Waals surface area (Å²) in [5.41, 5.74) is 1.66. The topological polar surface area (TPSA) is 70.2 Å². The molecule has 2 heterocycles. The summed E-state index contributed by atoms with van der Waals surface area (Å²) in [6.07, 6.45) is 1.43. The van der Waals surface area contributed by atoms with Gasteiger partial charge in [0.05, 0.1) is 17.3 Å². The van der Waals surface area contributed by atoms with E-state index in [-0.39, 0.29) is 5.91 Å². The van der Waals surface area contributed by atoms with E-state index in [4.69, 9.17) is 5.26 Å². The minimum Gasteiger partial charge on any atom is -0.354 e. The molecule has 2 rings (SSSR count). The number of nitrogens with one attached hydrogen (secondary N) is 1. The molecule has 0 fully saturated rings. The molecule has 0 unspecified atom stereocenters. The molecule has 0 aliphatic rings. The fraction of sp³-hybridized carbons (Fsp3) is 0.100. The van der Waals surface area contributed by atoms with Crippen LogP contribution >= 0.6 is 0 Å². The molecule has 5 nitrogen and oxygen atoms in total. The highest BCUT2D eigenvalue weighted by molar-refractivity contribution is 5.93. The first-order chi connectivity index (χ1) is 7.26. The van der Waals surface area contributed by atoms with E-state index in [2.05, 4.69) is 10.4 Å². The monoisotopic (exact) mass is 200 g/mol. The molecule has 0 aromatic carbocycles. The van der Waals surface area contributed by atoms with Crippen LogP contribution in [0.25, 0.3) is 5.52 Å². The maximum absolute atomic E-state index is 11.4. The van der Waals surface area contributed by atoms with Crippen molar-refractivity contribution in [2.24, 2.45) is 0 Å². The van der Waals surface area contributed by atoms with Crippen molar-refractivity contribution in [1.29, 1.82) is 5.26 Å². The smallest absolute Gasteiger partial charge is 0.269 e. The third-order valence-electron chi connectivity index (χ3n) is 2.09. The highest BCUT2D eigenvalue weighted by atomic mass is 16.1. The predicted molar refractivity (Wildman–Crippen MR) is 53.3 cm³/mol. The van der Waals surface area contributed by atoms with Gasteiger partial charge in [-0.05, 0) is 18.2 Å². The molecular weight excluding hydrogens is 192 g/mol. The molecule has 74 valence electrons. The van der Waals surface area contributed by atoms with E-state index in [1.807, 2.05) is 6.07 Å². The Balaban J connectivity index is 2.63. The van der Waals surface area contributed by atoms with Gasteiger partial charge < -0.3 is 5.32 Å². The number of nitriles is 1. The standard InChI is InChI=1S/C10H8N4O/c1-12-10(15)9-3-2-8-4-7(5-11)6-13-14(8)9/h2-4,6H,1H3,(H,12,15). The molecule has 1 N–H and O–H groups in total. The van der Waals surface area contributed by atoms with Crippen molar-refractivity contribution in [3.8, 4) is 6.07 Å². The second-order valence-corrected chi connectivity index (χ2v) is 2.99. The second kappa shape index (κ2) is 3.42. The summed E-state index contributed by atoms with van der Waals surface area (Å²) in [7, 11) is 1.56. The number of nitrogens with zero attached hydrogens (tertiary/aromatic N) is 3. The van der Waals surface area contributed by atoms with Gasteiger partial charge in [-0.1, -0.05) is 0 Å². The molecule has 2 aromatic rings. The van der Waals surface area contributed by atoms with E-state index < -0.39 is 0 Å². The van der Waals surface area contributed by atoms with E-state index in [9.17, 15) is 4.79 Å². The van der Waals surface area contributed by atoms with Crippen LogP contribution in [-0.4, -0.2) is 22.6 Å². The lowest BCUT2D eigenvalue weighted by Crippen LogP contribution is -2.20. The van der Waals surface area contributed by atoms with E-state index in [1.165, 1.54) is 10.7 Å². The zero-order valence-corrected chi connectivity index (χ0v) is 8.06. The third-order valence-corrected chi connectivity index (χ3v) is 2.09. The summed E-state index contributed by atoms with van der Waals surface area (Å²) in [5.74, 6) is -0.202. The minimum atomic E-state index is -0.202. The highest BCUT2D eigenvalue weighted by Crippen LogP contribution is 2.09. The van der Waals surface area contributed by atoms with Crippen LogP contribution in [0.2, 0.25) is 0 Å². The first kappa shape index (κ1) is 9.21. The zero-order chi connectivity index (χ0) is 10.8. The van der Waals surface area contributed by atoms with Crippen molar-refractivity contribution >= 4 is 11.4 Å². The highest BCUT2D eigenvalue weighted by Gasteiger charge is 2.09. The van der Waals surface area contributed by atoms with Gasteiger partial charge in [0.25, 0.3) is 5.91 Å². The molecule has 0 aliphatic carbocycles. The summed E-state index contributed by atoms with van der Waals surface area (Å²) < 4.78 is 1.50. The van der Waals surface area contributed by atoms with Crippen molar-refractivity contribution in [3.63, 3.8) is 0 Å². The number of rotatable bonds is 1. The second-order valence-electron chi connectivity index (χ2n) is 2.99. The average Bonchev–Trinajstić information content (AvgIpc) is 2.70. The molecule has 0 saturated heterocycles. The van der Waals surface area contributed by atoms with Gasteiger partial charge in [0, 0.05) is 7.05 Å². The van der Waals surface area contributed by atoms with Crippen LogP contribution in [0.4, 0.5) is 0 Å². The lowest BCUT2D eigenvalue weighted by molar-refractivity contribution is 0.0956. The number of carbonyl (C=O) groups excluding carboxylic acids is 1. The number of aromatic nitrogens is 2. The van der Waals surface area contributed by atoms with Crippen LogP contribution in [0, 0.1) is 11.3 Å². The quantitative estimate of drug-likeness (QED) is 0.731. The summed E-state index contributed by atoms with van der Waals surface area (Å²) >= 11 is 0. The van der Waals surface area contributed by atoms with E-state index in [0.29, 0.717) is 11.3 Å². The number of carbonyl (C=O) groups is 1. The van der Waals surface area contributed by atoms with Gasteiger partial charge in [-0.3, -0.25) is 4.79 Å². The molecule has 0 saturated carbocycles.